The van der Waals surface area contributed by atoms with E-state index in [1.807, 2.05) is 0 Å². The number of carbonyl (C=O) groups excluding carboxylic acids is 1. The summed E-state index contributed by atoms with van der Waals surface area (Å²) in [6.07, 6.45) is -16.8. The number of methoxy groups -OCH3 is 1. The average molecular weight is 451 g/mol. The Bertz CT molecular complexity index is 609. The minimum atomic E-state index is -5.93. The van der Waals surface area contributed by atoms with E-state index in [-0.39, 0.29) is 6.04 Å². The van der Waals surface area contributed by atoms with E-state index in [4.69, 9.17) is 14.2 Å². The number of hydrogen-bond acceptors (Lipinski definition) is 6. The molecule has 0 aromatic rings. The van der Waals surface area contributed by atoms with E-state index in [0.717, 1.165) is 26.4 Å². The van der Waals surface area contributed by atoms with Gasteiger partial charge in [-0.25, -0.2) is 4.79 Å². The van der Waals surface area contributed by atoms with Gasteiger partial charge in [-0.05, 0) is 19.8 Å². The molecule has 13 heteroatoms. The smallest absolute Gasteiger partial charge is 0.438 e. The van der Waals surface area contributed by atoms with E-state index in [1.165, 1.54) is 6.92 Å². The Kier molecular flexibility index (Phi) is 6.48. The van der Waals surface area contributed by atoms with Crippen molar-refractivity contribution in [3.05, 3.63) is 0 Å². The minimum Gasteiger partial charge on any atom is -0.438 e. The van der Waals surface area contributed by atoms with Crippen LogP contribution in [0, 0.1) is 0 Å². The van der Waals surface area contributed by atoms with Gasteiger partial charge in [0.2, 0.25) is 0 Å². The maximum Gasteiger partial charge on any atom is 0.453 e. The number of rotatable bonds is 3. The fraction of sp³-hybridized carbons (Fsp3) is 0.941. The average Bonchev–Trinajstić information content (AvgIpc) is 3.08. The summed E-state index contributed by atoms with van der Waals surface area (Å²) in [6, 6.07) is -0.198. The molecular weight excluding hydrogens is 428 g/mol. The van der Waals surface area contributed by atoms with Crippen LogP contribution in [0.15, 0.2) is 0 Å². The molecule has 30 heavy (non-hydrogen) atoms. The maximum atomic E-state index is 13.4. The predicted octanol–water partition coefficient (Wildman–Crippen LogP) is 3.41. The molecule has 2 aliphatic heterocycles. The molecular formula is C17H23F6NO6. The Morgan fingerprint density at radius 3 is 2.10 bits per heavy atom. The molecule has 0 radical (unpaired) electrons. The van der Waals surface area contributed by atoms with E-state index in [9.17, 15) is 31.1 Å². The lowest BCUT2D eigenvalue weighted by Crippen LogP contribution is -2.59. The molecule has 1 N–H and O–H groups in total. The Morgan fingerprint density at radius 2 is 1.57 bits per heavy atom. The number of fused-ring (bicyclic) bond motifs is 1. The molecule has 5 atom stereocenters. The third-order valence-electron chi connectivity index (χ3n) is 5.48. The molecule has 1 amide bonds. The first-order chi connectivity index (χ1) is 13.9. The molecule has 7 nitrogen and oxygen atoms in total. The first kappa shape index (κ1) is 23.4. The van der Waals surface area contributed by atoms with Crippen molar-refractivity contribution in [2.45, 2.75) is 93.9 Å². The summed E-state index contributed by atoms with van der Waals surface area (Å²) in [5.74, 6) is -4.86. The van der Waals surface area contributed by atoms with Crippen molar-refractivity contribution in [2.24, 2.45) is 0 Å². The summed E-state index contributed by atoms with van der Waals surface area (Å²) in [5, 5.41) is 2.57. The zero-order valence-electron chi connectivity index (χ0n) is 16.2. The van der Waals surface area contributed by atoms with Crippen LogP contribution in [0.3, 0.4) is 0 Å². The van der Waals surface area contributed by atoms with Crippen LogP contribution in [0.25, 0.3) is 0 Å². The highest BCUT2D eigenvalue weighted by molar-refractivity contribution is 5.68. The number of nitrogens with one attached hydrogen (secondary N) is 1. The summed E-state index contributed by atoms with van der Waals surface area (Å²) in [6.45, 7) is 1.22. The topological polar surface area (TPSA) is 75.2 Å². The van der Waals surface area contributed by atoms with Gasteiger partial charge < -0.3 is 29.0 Å². The Labute approximate surface area is 168 Å². The first-order valence-corrected chi connectivity index (χ1v) is 9.54. The molecule has 0 bridgehead atoms. The van der Waals surface area contributed by atoms with Gasteiger partial charge in [0, 0.05) is 13.2 Å². The zero-order valence-corrected chi connectivity index (χ0v) is 16.2. The van der Waals surface area contributed by atoms with Gasteiger partial charge in [0.05, 0.1) is 6.10 Å². The lowest BCUT2D eigenvalue weighted by molar-refractivity contribution is -0.446. The molecule has 0 unspecified atom stereocenters. The Hall–Kier alpha value is -1.31. The normalized spacial score (nSPS) is 35.0. The van der Waals surface area contributed by atoms with Gasteiger partial charge >= 0.3 is 24.2 Å². The van der Waals surface area contributed by atoms with Crippen molar-refractivity contribution in [1.29, 1.82) is 0 Å². The van der Waals surface area contributed by atoms with Gasteiger partial charge in [0.25, 0.3) is 0 Å². The van der Waals surface area contributed by atoms with Crippen LogP contribution in [0.1, 0.15) is 39.0 Å². The lowest BCUT2D eigenvalue weighted by Gasteiger charge is -2.39. The summed E-state index contributed by atoms with van der Waals surface area (Å²) in [4.78, 5) is 12.3. The summed E-state index contributed by atoms with van der Waals surface area (Å²) >= 11 is 0. The third kappa shape index (κ3) is 4.21. The van der Waals surface area contributed by atoms with Crippen LogP contribution in [0.4, 0.5) is 31.1 Å². The van der Waals surface area contributed by atoms with Gasteiger partial charge in [-0.2, -0.15) is 26.3 Å². The third-order valence-corrected chi connectivity index (χ3v) is 5.48. The fourth-order valence-electron chi connectivity index (χ4n) is 3.99. The Morgan fingerprint density at radius 1 is 1.00 bits per heavy atom. The van der Waals surface area contributed by atoms with Crippen molar-refractivity contribution in [1.82, 2.24) is 5.32 Å². The molecule has 3 aliphatic rings. The minimum absolute atomic E-state index is 0.198. The highest BCUT2D eigenvalue weighted by Crippen LogP contribution is 2.54. The van der Waals surface area contributed by atoms with Gasteiger partial charge in [-0.1, -0.05) is 19.3 Å². The molecule has 0 aromatic heterocycles. The molecule has 1 aliphatic carbocycles. The van der Waals surface area contributed by atoms with Crippen LogP contribution in [0.2, 0.25) is 0 Å². The summed E-state index contributed by atoms with van der Waals surface area (Å²) in [7, 11) is 1.11. The van der Waals surface area contributed by atoms with Crippen LogP contribution < -0.4 is 5.32 Å². The second-order valence-corrected chi connectivity index (χ2v) is 7.57. The molecule has 0 aromatic carbocycles. The molecule has 1 saturated carbocycles. The standard InChI is InChI=1S/C17H23F6NO6/c1-8-10-11(30-15(29-10,16(18,19)20)17(21,22)23)12(13(26-2)27-8)28-14(25)24-9-6-4-3-5-7-9/h8-13H,3-7H2,1-2H3,(H,24,25)/t8-,10-,11-,12+,13+/m0/s1. The van der Waals surface area contributed by atoms with Crippen molar-refractivity contribution in [3.63, 3.8) is 0 Å². The van der Waals surface area contributed by atoms with Crippen molar-refractivity contribution >= 4 is 6.09 Å². The number of alkyl carbamates (subject to hydrolysis) is 1. The second-order valence-electron chi connectivity index (χ2n) is 7.57. The first-order valence-electron chi connectivity index (χ1n) is 9.54. The van der Waals surface area contributed by atoms with E-state index in [1.54, 1.807) is 0 Å². The zero-order chi connectivity index (χ0) is 22.3. The molecule has 2 saturated heterocycles. The molecule has 2 heterocycles. The van der Waals surface area contributed by atoms with Crippen molar-refractivity contribution in [3.8, 4) is 0 Å². The largest absolute Gasteiger partial charge is 0.453 e. The second kappa shape index (κ2) is 8.32. The molecule has 3 rings (SSSR count). The van der Waals surface area contributed by atoms with E-state index in [0.29, 0.717) is 12.8 Å². The quantitative estimate of drug-likeness (QED) is 0.663. The van der Waals surface area contributed by atoms with E-state index in [2.05, 4.69) is 14.8 Å². The highest BCUT2D eigenvalue weighted by Gasteiger charge is 2.80. The number of alkyl halides is 6. The number of amides is 1. The van der Waals surface area contributed by atoms with Crippen LogP contribution in [0.5, 0.6) is 0 Å². The van der Waals surface area contributed by atoms with Crippen LogP contribution >= 0.6 is 0 Å². The van der Waals surface area contributed by atoms with Gasteiger partial charge in [0.1, 0.15) is 12.2 Å². The van der Waals surface area contributed by atoms with Gasteiger partial charge in [0.15, 0.2) is 12.4 Å². The molecule has 174 valence electrons. The fourth-order valence-corrected chi connectivity index (χ4v) is 3.99. The molecule has 0 spiro atoms. The highest BCUT2D eigenvalue weighted by atomic mass is 19.4. The number of halogens is 6. The maximum absolute atomic E-state index is 13.4. The van der Waals surface area contributed by atoms with Crippen molar-refractivity contribution < 1.29 is 54.8 Å². The van der Waals surface area contributed by atoms with Crippen molar-refractivity contribution in [2.75, 3.05) is 7.11 Å². The Balaban J connectivity index is 1.82. The van der Waals surface area contributed by atoms with Gasteiger partial charge in [-0.3, -0.25) is 0 Å². The number of hydrogen-bond donors (Lipinski definition) is 1. The SMILES string of the molecule is CO[C@@H]1O[C@@H](C)[C@@H]2OC(C(F)(F)F)(C(F)(F)F)O[C@@H]2[C@H]1OC(=O)NC1CCCCC1. The predicted molar refractivity (Wildman–Crippen MR) is 86.2 cm³/mol. The monoisotopic (exact) mass is 451 g/mol. The summed E-state index contributed by atoms with van der Waals surface area (Å²) in [5.41, 5.74) is 0. The van der Waals surface area contributed by atoms with E-state index >= 15 is 0 Å². The van der Waals surface area contributed by atoms with Crippen LogP contribution in [-0.2, 0) is 23.7 Å². The van der Waals surface area contributed by atoms with E-state index < -0.39 is 54.9 Å². The summed E-state index contributed by atoms with van der Waals surface area (Å²) < 4.78 is 105. The number of carbonyl (C=O) groups is 1. The van der Waals surface area contributed by atoms with Gasteiger partial charge in [-0.15, -0.1) is 0 Å². The number of ether oxygens (including phenoxy) is 5. The van der Waals surface area contributed by atoms with Crippen LogP contribution in [-0.4, -0.2) is 68.1 Å². The molecule has 3 fully saturated rings. The lowest BCUT2D eigenvalue weighted by atomic mass is 9.96.